The van der Waals surface area contributed by atoms with Crippen LogP contribution in [0.1, 0.15) is 26.2 Å². The largest absolute Gasteiger partial charge is 0.385 e. The fourth-order valence-electron chi connectivity index (χ4n) is 2.45. The number of hydrogen-bond acceptors (Lipinski definition) is 3. The van der Waals surface area contributed by atoms with Crippen LogP contribution in [-0.2, 0) is 4.74 Å². The minimum absolute atomic E-state index is 0.722. The SMILES string of the molecule is CNC1CCN(CCCCOC)CC1C. The van der Waals surface area contributed by atoms with Crippen molar-refractivity contribution in [2.24, 2.45) is 5.92 Å². The molecule has 0 aromatic rings. The molecule has 15 heavy (non-hydrogen) atoms. The molecule has 0 amide bonds. The van der Waals surface area contributed by atoms with E-state index >= 15 is 0 Å². The van der Waals surface area contributed by atoms with Gasteiger partial charge in [-0.1, -0.05) is 6.92 Å². The van der Waals surface area contributed by atoms with Gasteiger partial charge in [-0.15, -0.1) is 0 Å². The maximum absolute atomic E-state index is 5.06. The molecule has 0 radical (unpaired) electrons. The van der Waals surface area contributed by atoms with Crippen LogP contribution in [0.3, 0.4) is 0 Å². The van der Waals surface area contributed by atoms with Crippen molar-refractivity contribution in [3.63, 3.8) is 0 Å². The average Bonchev–Trinajstić information content (AvgIpc) is 2.25. The van der Waals surface area contributed by atoms with Crippen LogP contribution in [0.5, 0.6) is 0 Å². The number of ether oxygens (including phenoxy) is 1. The number of methoxy groups -OCH3 is 1. The average molecular weight is 214 g/mol. The molecule has 3 nitrogen and oxygen atoms in total. The van der Waals surface area contributed by atoms with Gasteiger partial charge in [0.15, 0.2) is 0 Å². The molecule has 1 saturated heterocycles. The van der Waals surface area contributed by atoms with Crippen LogP contribution in [0.25, 0.3) is 0 Å². The first-order valence-electron chi connectivity index (χ1n) is 6.16. The van der Waals surface area contributed by atoms with Crippen LogP contribution in [-0.4, -0.2) is 51.3 Å². The van der Waals surface area contributed by atoms with E-state index in [-0.39, 0.29) is 0 Å². The number of nitrogens with one attached hydrogen (secondary N) is 1. The van der Waals surface area contributed by atoms with Gasteiger partial charge < -0.3 is 15.0 Å². The van der Waals surface area contributed by atoms with Gasteiger partial charge in [0.05, 0.1) is 0 Å². The molecule has 1 aliphatic rings. The van der Waals surface area contributed by atoms with E-state index in [0.717, 1.165) is 18.6 Å². The molecule has 2 atom stereocenters. The highest BCUT2D eigenvalue weighted by Gasteiger charge is 2.23. The second kappa shape index (κ2) is 7.20. The summed E-state index contributed by atoms with van der Waals surface area (Å²) in [5.41, 5.74) is 0. The smallest absolute Gasteiger partial charge is 0.0462 e. The van der Waals surface area contributed by atoms with Crippen molar-refractivity contribution in [2.45, 2.75) is 32.2 Å². The Bertz CT molecular complexity index is 164. The van der Waals surface area contributed by atoms with E-state index in [1.807, 2.05) is 0 Å². The highest BCUT2D eigenvalue weighted by Crippen LogP contribution is 2.16. The Morgan fingerprint density at radius 1 is 1.40 bits per heavy atom. The van der Waals surface area contributed by atoms with Crippen molar-refractivity contribution in [3.8, 4) is 0 Å². The molecule has 0 aromatic heterocycles. The van der Waals surface area contributed by atoms with Crippen LogP contribution in [0.15, 0.2) is 0 Å². The molecule has 2 unspecified atom stereocenters. The first-order valence-corrected chi connectivity index (χ1v) is 6.16. The summed E-state index contributed by atoms with van der Waals surface area (Å²) in [4.78, 5) is 2.59. The minimum Gasteiger partial charge on any atom is -0.385 e. The lowest BCUT2D eigenvalue weighted by atomic mass is 9.94. The number of unbranched alkanes of at least 4 members (excludes halogenated alkanes) is 1. The number of piperidine rings is 1. The first-order chi connectivity index (χ1) is 7.27. The van der Waals surface area contributed by atoms with Crippen molar-refractivity contribution in [3.05, 3.63) is 0 Å². The molecule has 1 fully saturated rings. The third-order valence-electron chi connectivity index (χ3n) is 3.43. The lowest BCUT2D eigenvalue weighted by Gasteiger charge is -2.36. The van der Waals surface area contributed by atoms with E-state index in [9.17, 15) is 0 Å². The minimum atomic E-state index is 0.722. The van der Waals surface area contributed by atoms with Gasteiger partial charge in [0.1, 0.15) is 0 Å². The molecule has 3 heteroatoms. The van der Waals surface area contributed by atoms with Crippen molar-refractivity contribution in [1.82, 2.24) is 10.2 Å². The van der Waals surface area contributed by atoms with E-state index in [2.05, 4.69) is 24.2 Å². The zero-order valence-electron chi connectivity index (χ0n) is 10.5. The predicted molar refractivity (Wildman–Crippen MR) is 64.2 cm³/mol. The Morgan fingerprint density at radius 3 is 2.80 bits per heavy atom. The molecule has 0 spiro atoms. The Kier molecular flexibility index (Phi) is 6.22. The molecule has 1 heterocycles. The monoisotopic (exact) mass is 214 g/mol. The van der Waals surface area contributed by atoms with Gasteiger partial charge in [0.2, 0.25) is 0 Å². The van der Waals surface area contributed by atoms with Gasteiger partial charge in [0, 0.05) is 26.3 Å². The van der Waals surface area contributed by atoms with Crippen LogP contribution in [0.2, 0.25) is 0 Å². The molecule has 1 N–H and O–H groups in total. The number of likely N-dealkylation sites (tertiary alicyclic amines) is 1. The number of hydrogen-bond donors (Lipinski definition) is 1. The molecule has 0 saturated carbocycles. The van der Waals surface area contributed by atoms with Gasteiger partial charge in [-0.05, 0) is 45.3 Å². The Labute approximate surface area is 94.2 Å². The van der Waals surface area contributed by atoms with E-state index in [0.29, 0.717) is 0 Å². The Morgan fingerprint density at radius 2 is 2.20 bits per heavy atom. The van der Waals surface area contributed by atoms with Crippen LogP contribution < -0.4 is 5.32 Å². The summed E-state index contributed by atoms with van der Waals surface area (Å²) in [6.07, 6.45) is 3.75. The topological polar surface area (TPSA) is 24.5 Å². The summed E-state index contributed by atoms with van der Waals surface area (Å²) in [6.45, 7) is 7.00. The van der Waals surface area contributed by atoms with Gasteiger partial charge >= 0.3 is 0 Å². The zero-order valence-corrected chi connectivity index (χ0v) is 10.5. The third kappa shape index (κ3) is 4.49. The molecule has 0 aromatic carbocycles. The lowest BCUT2D eigenvalue weighted by molar-refractivity contribution is 0.140. The van der Waals surface area contributed by atoms with Crippen molar-refractivity contribution in [2.75, 3.05) is 40.4 Å². The van der Waals surface area contributed by atoms with Crippen LogP contribution in [0, 0.1) is 5.92 Å². The molecule has 0 aliphatic carbocycles. The standard InChI is InChI=1S/C12H26N2O/c1-11-10-14(7-4-5-9-15-3)8-6-12(11)13-2/h11-13H,4-10H2,1-3H3. The highest BCUT2D eigenvalue weighted by atomic mass is 16.5. The quantitative estimate of drug-likeness (QED) is 0.675. The van der Waals surface area contributed by atoms with Crippen LogP contribution in [0.4, 0.5) is 0 Å². The second-order valence-corrected chi connectivity index (χ2v) is 4.66. The lowest BCUT2D eigenvalue weighted by Crippen LogP contribution is -2.47. The van der Waals surface area contributed by atoms with E-state index < -0.39 is 0 Å². The highest BCUT2D eigenvalue weighted by molar-refractivity contribution is 4.81. The maximum atomic E-state index is 5.06. The zero-order chi connectivity index (χ0) is 11.1. The predicted octanol–water partition coefficient (Wildman–Crippen LogP) is 1.34. The second-order valence-electron chi connectivity index (χ2n) is 4.66. The third-order valence-corrected chi connectivity index (χ3v) is 3.43. The molecule has 0 bridgehead atoms. The van der Waals surface area contributed by atoms with Gasteiger partial charge in [0.25, 0.3) is 0 Å². The fourth-order valence-corrected chi connectivity index (χ4v) is 2.45. The van der Waals surface area contributed by atoms with Crippen LogP contribution >= 0.6 is 0 Å². The fraction of sp³-hybridized carbons (Fsp3) is 1.00. The molecular formula is C12H26N2O. The van der Waals surface area contributed by atoms with Gasteiger partial charge in [-0.25, -0.2) is 0 Å². The number of nitrogens with zero attached hydrogens (tertiary/aromatic N) is 1. The summed E-state index contributed by atoms with van der Waals surface area (Å²) in [6, 6.07) is 0.722. The van der Waals surface area contributed by atoms with Crippen molar-refractivity contribution >= 4 is 0 Å². The maximum Gasteiger partial charge on any atom is 0.0462 e. The summed E-state index contributed by atoms with van der Waals surface area (Å²) < 4.78 is 5.06. The Hall–Kier alpha value is -0.120. The summed E-state index contributed by atoms with van der Waals surface area (Å²) >= 11 is 0. The van der Waals surface area contributed by atoms with E-state index in [4.69, 9.17) is 4.74 Å². The normalized spacial score (nSPS) is 28.2. The van der Waals surface area contributed by atoms with Gasteiger partial charge in [-0.3, -0.25) is 0 Å². The molecule has 1 aliphatic heterocycles. The summed E-state index contributed by atoms with van der Waals surface area (Å²) in [7, 11) is 3.86. The van der Waals surface area contributed by atoms with Crippen molar-refractivity contribution < 1.29 is 4.74 Å². The van der Waals surface area contributed by atoms with Gasteiger partial charge in [-0.2, -0.15) is 0 Å². The summed E-state index contributed by atoms with van der Waals surface area (Å²) in [5, 5.41) is 3.40. The Balaban J connectivity index is 2.11. The van der Waals surface area contributed by atoms with E-state index in [1.54, 1.807) is 7.11 Å². The molecule has 1 rings (SSSR count). The molecule has 90 valence electrons. The van der Waals surface area contributed by atoms with E-state index in [1.165, 1.54) is 38.9 Å². The molecular weight excluding hydrogens is 188 g/mol. The van der Waals surface area contributed by atoms with Crippen molar-refractivity contribution in [1.29, 1.82) is 0 Å². The number of rotatable bonds is 6. The first kappa shape index (κ1) is 12.9. The summed E-state index contributed by atoms with van der Waals surface area (Å²) in [5.74, 6) is 0.783.